The highest BCUT2D eigenvalue weighted by Gasteiger charge is 2.24. The minimum Gasteiger partial charge on any atom is -0.457 e. The maximum absolute atomic E-state index is 13.8. The van der Waals surface area contributed by atoms with Gasteiger partial charge in [-0.25, -0.2) is 31.1 Å². The van der Waals surface area contributed by atoms with Gasteiger partial charge in [0.2, 0.25) is 10.0 Å². The number of nitro benzene ring substituents is 1. The van der Waals surface area contributed by atoms with Crippen LogP contribution >= 0.6 is 0 Å². The average molecular weight is 480 g/mol. The Balaban J connectivity index is 1.63. The topological polar surface area (TPSA) is 116 Å². The van der Waals surface area contributed by atoms with Gasteiger partial charge in [-0.1, -0.05) is 24.3 Å². The lowest BCUT2D eigenvalue weighted by Gasteiger charge is -2.09. The van der Waals surface area contributed by atoms with Crippen LogP contribution in [0.3, 0.4) is 0 Å². The number of benzene rings is 3. The second kappa shape index (κ2) is 9.79. The summed E-state index contributed by atoms with van der Waals surface area (Å²) in [5.41, 5.74) is 0.500. The summed E-state index contributed by atoms with van der Waals surface area (Å²) >= 11 is 0. The van der Waals surface area contributed by atoms with Crippen molar-refractivity contribution in [2.24, 2.45) is 0 Å². The first kappa shape index (κ1) is 23.9. The van der Waals surface area contributed by atoms with Crippen LogP contribution in [0.5, 0.6) is 0 Å². The van der Waals surface area contributed by atoms with Gasteiger partial charge in [0.05, 0.1) is 16.1 Å². The maximum Gasteiger partial charge on any atom is 0.338 e. The molecule has 0 aliphatic carbocycles. The molecule has 0 aromatic heterocycles. The van der Waals surface area contributed by atoms with Gasteiger partial charge in [-0.2, -0.15) is 0 Å². The first-order valence-corrected chi connectivity index (χ1v) is 10.7. The van der Waals surface area contributed by atoms with Crippen LogP contribution in [-0.2, 0) is 27.9 Å². The van der Waals surface area contributed by atoms with Gasteiger partial charge in [0, 0.05) is 12.6 Å². The Hall–Kier alpha value is -3.77. The fourth-order valence-electron chi connectivity index (χ4n) is 2.77. The van der Waals surface area contributed by atoms with E-state index in [0.29, 0.717) is 17.7 Å². The maximum atomic E-state index is 13.8. The molecule has 3 aromatic carbocycles. The Morgan fingerprint density at radius 3 is 2.30 bits per heavy atom. The number of hydrogen-bond acceptors (Lipinski definition) is 6. The molecule has 0 heterocycles. The number of carbonyl (C=O) groups is 1. The fourth-order valence-corrected chi connectivity index (χ4v) is 3.85. The quantitative estimate of drug-likeness (QED) is 0.227. The first-order chi connectivity index (χ1) is 15.6. The van der Waals surface area contributed by atoms with Gasteiger partial charge in [0.15, 0.2) is 17.5 Å². The molecule has 0 bridgehead atoms. The number of carbonyl (C=O) groups excluding carboxylic acids is 1. The van der Waals surface area contributed by atoms with Crippen LogP contribution in [0.15, 0.2) is 65.6 Å². The van der Waals surface area contributed by atoms with Crippen LogP contribution in [0.25, 0.3) is 0 Å². The zero-order valence-corrected chi connectivity index (χ0v) is 17.4. The van der Waals surface area contributed by atoms with Gasteiger partial charge < -0.3 is 4.74 Å². The van der Waals surface area contributed by atoms with Gasteiger partial charge in [-0.3, -0.25) is 10.1 Å². The smallest absolute Gasteiger partial charge is 0.338 e. The summed E-state index contributed by atoms with van der Waals surface area (Å²) < 4.78 is 71.6. The SMILES string of the molecule is O=C(OCc1ccccc1[N+](=O)[O-])c1ccc(CNS(=O)(=O)c2ccc(F)c(F)c2F)cc1. The molecule has 0 spiro atoms. The van der Waals surface area contributed by atoms with Gasteiger partial charge in [-0.05, 0) is 35.9 Å². The van der Waals surface area contributed by atoms with Crippen LogP contribution in [0.1, 0.15) is 21.5 Å². The average Bonchev–Trinajstić information content (AvgIpc) is 2.80. The molecule has 0 amide bonds. The molecule has 0 aliphatic heterocycles. The summed E-state index contributed by atoms with van der Waals surface area (Å²) in [6.07, 6.45) is 0. The van der Waals surface area contributed by atoms with Crippen LogP contribution in [0.2, 0.25) is 0 Å². The number of hydrogen-bond donors (Lipinski definition) is 1. The van der Waals surface area contributed by atoms with E-state index in [2.05, 4.69) is 4.72 Å². The molecule has 3 rings (SSSR count). The number of para-hydroxylation sites is 1. The highest BCUT2D eigenvalue weighted by molar-refractivity contribution is 7.89. The van der Waals surface area contributed by atoms with E-state index in [-0.39, 0.29) is 30.0 Å². The molecular weight excluding hydrogens is 465 g/mol. The Labute approximate surface area is 185 Å². The molecule has 0 saturated heterocycles. The summed E-state index contributed by atoms with van der Waals surface area (Å²) in [4.78, 5) is 21.6. The van der Waals surface area contributed by atoms with Crippen LogP contribution in [-0.4, -0.2) is 19.3 Å². The number of esters is 1. The monoisotopic (exact) mass is 480 g/mol. The van der Waals surface area contributed by atoms with Crippen LogP contribution in [0.4, 0.5) is 18.9 Å². The number of halogens is 3. The molecule has 3 aromatic rings. The zero-order valence-electron chi connectivity index (χ0n) is 16.6. The number of nitrogens with one attached hydrogen (secondary N) is 1. The Bertz CT molecular complexity index is 1310. The van der Waals surface area contributed by atoms with Crippen molar-refractivity contribution in [1.29, 1.82) is 0 Å². The van der Waals surface area contributed by atoms with Crippen LogP contribution < -0.4 is 4.72 Å². The van der Waals surface area contributed by atoms with Crippen molar-refractivity contribution in [3.05, 3.63) is 105 Å². The Kier molecular flexibility index (Phi) is 7.09. The molecule has 0 atom stereocenters. The lowest BCUT2D eigenvalue weighted by atomic mass is 10.1. The summed E-state index contributed by atoms with van der Waals surface area (Å²) in [6, 6.07) is 12.4. The zero-order chi connectivity index (χ0) is 24.2. The van der Waals surface area contributed by atoms with E-state index in [0.717, 1.165) is 0 Å². The third kappa shape index (κ3) is 5.54. The van der Waals surface area contributed by atoms with Crippen molar-refractivity contribution in [2.75, 3.05) is 0 Å². The lowest BCUT2D eigenvalue weighted by Crippen LogP contribution is -2.24. The van der Waals surface area contributed by atoms with E-state index in [1.165, 1.54) is 42.5 Å². The van der Waals surface area contributed by atoms with Crippen molar-refractivity contribution in [3.63, 3.8) is 0 Å². The minimum absolute atomic E-state index is 0.104. The predicted octanol–water partition coefficient (Wildman–Crippen LogP) is 3.85. The van der Waals surface area contributed by atoms with Crippen molar-refractivity contribution in [2.45, 2.75) is 18.0 Å². The molecule has 0 fully saturated rings. The van der Waals surface area contributed by atoms with E-state index in [1.807, 2.05) is 0 Å². The lowest BCUT2D eigenvalue weighted by molar-refractivity contribution is -0.385. The van der Waals surface area contributed by atoms with Gasteiger partial charge >= 0.3 is 5.97 Å². The molecule has 8 nitrogen and oxygen atoms in total. The Morgan fingerprint density at radius 1 is 0.970 bits per heavy atom. The molecule has 0 aliphatic rings. The van der Waals surface area contributed by atoms with Crippen molar-refractivity contribution in [1.82, 2.24) is 4.72 Å². The number of ether oxygens (including phenoxy) is 1. The fraction of sp³-hybridized carbons (Fsp3) is 0.0952. The van der Waals surface area contributed by atoms with E-state index in [9.17, 15) is 36.5 Å². The third-order valence-corrected chi connectivity index (χ3v) is 5.91. The van der Waals surface area contributed by atoms with Crippen LogP contribution in [0, 0.1) is 27.6 Å². The van der Waals surface area contributed by atoms with Gasteiger partial charge in [0.1, 0.15) is 11.5 Å². The second-order valence-electron chi connectivity index (χ2n) is 6.66. The summed E-state index contributed by atoms with van der Waals surface area (Å²) in [5, 5.41) is 11.0. The first-order valence-electron chi connectivity index (χ1n) is 9.21. The standard InChI is InChI=1S/C21H15F3N2O6S/c22-16-9-10-18(20(24)19(16)23)33(30,31)25-11-13-5-7-14(8-6-13)21(27)32-12-15-3-1-2-4-17(15)26(28)29/h1-10,25H,11-12H2. The van der Waals surface area contributed by atoms with E-state index < -0.39 is 43.3 Å². The molecule has 0 radical (unpaired) electrons. The van der Waals surface area contributed by atoms with E-state index >= 15 is 0 Å². The Morgan fingerprint density at radius 2 is 1.64 bits per heavy atom. The molecule has 0 saturated carbocycles. The van der Waals surface area contributed by atoms with Gasteiger partial charge in [0.25, 0.3) is 5.69 Å². The summed E-state index contributed by atoms with van der Waals surface area (Å²) in [6.45, 7) is -0.649. The minimum atomic E-state index is -4.48. The van der Waals surface area contributed by atoms with E-state index in [4.69, 9.17) is 4.74 Å². The summed E-state index contributed by atoms with van der Waals surface area (Å²) in [7, 11) is -4.48. The van der Waals surface area contributed by atoms with Crippen molar-refractivity contribution in [3.8, 4) is 0 Å². The second-order valence-corrected chi connectivity index (χ2v) is 8.39. The third-order valence-electron chi connectivity index (χ3n) is 4.49. The molecule has 33 heavy (non-hydrogen) atoms. The predicted molar refractivity (Wildman–Crippen MR) is 109 cm³/mol. The van der Waals surface area contributed by atoms with Crippen molar-refractivity contribution < 1.29 is 36.0 Å². The highest BCUT2D eigenvalue weighted by Crippen LogP contribution is 2.21. The number of rotatable bonds is 8. The number of nitro groups is 1. The number of nitrogens with zero attached hydrogens (tertiary/aromatic N) is 1. The largest absolute Gasteiger partial charge is 0.457 e. The molecule has 1 N–H and O–H groups in total. The number of sulfonamides is 1. The highest BCUT2D eigenvalue weighted by atomic mass is 32.2. The van der Waals surface area contributed by atoms with E-state index in [1.54, 1.807) is 6.07 Å². The molecule has 0 unspecified atom stereocenters. The molecule has 12 heteroatoms. The molecule has 172 valence electrons. The normalized spacial score (nSPS) is 11.2. The van der Waals surface area contributed by atoms with Crippen molar-refractivity contribution >= 4 is 21.7 Å². The summed E-state index contributed by atoms with van der Waals surface area (Å²) in [5.74, 6) is -6.01. The molecular formula is C21H15F3N2O6S. The van der Waals surface area contributed by atoms with Gasteiger partial charge in [-0.15, -0.1) is 0 Å².